The van der Waals surface area contributed by atoms with Gasteiger partial charge in [-0.1, -0.05) is 221 Å². The normalized spacial score (nSPS) is 13.2. The highest BCUT2D eigenvalue weighted by molar-refractivity contribution is 5.69. The summed E-state index contributed by atoms with van der Waals surface area (Å²) in [6.07, 6.45) is 50.0. The second-order valence-corrected chi connectivity index (χ2v) is 20.9. The number of carbonyl (C=O) groups is 2. The Hall–Kier alpha value is -1.18. The first-order valence-corrected chi connectivity index (χ1v) is 29.7. The zero-order valence-electron chi connectivity index (χ0n) is 45.6. The van der Waals surface area contributed by atoms with Crippen molar-refractivity contribution < 1.29 is 24.2 Å². The van der Waals surface area contributed by atoms with Crippen LogP contribution in [0, 0.1) is 11.8 Å². The van der Waals surface area contributed by atoms with Gasteiger partial charge in [0.2, 0.25) is 0 Å². The quantitative estimate of drug-likeness (QED) is 0.0481. The van der Waals surface area contributed by atoms with Crippen molar-refractivity contribution >= 4 is 11.9 Å². The maximum atomic E-state index is 12.6. The number of aliphatic hydroxyl groups excluding tert-OH is 1. The second kappa shape index (κ2) is 51.7. The molecule has 3 atom stereocenters. The van der Waals surface area contributed by atoms with Gasteiger partial charge in [-0.3, -0.25) is 9.59 Å². The van der Waals surface area contributed by atoms with Crippen LogP contribution in [-0.4, -0.2) is 85.9 Å². The van der Waals surface area contributed by atoms with Gasteiger partial charge in [0.25, 0.3) is 0 Å². The van der Waals surface area contributed by atoms with Crippen LogP contribution in [0.25, 0.3) is 0 Å². The topological polar surface area (TPSA) is 79.3 Å². The first kappa shape index (κ1) is 64.8. The molecule has 0 aliphatic rings. The van der Waals surface area contributed by atoms with Crippen LogP contribution in [0.2, 0.25) is 0 Å². The molecule has 394 valence electrons. The van der Waals surface area contributed by atoms with E-state index in [0.717, 1.165) is 51.7 Å². The summed E-state index contributed by atoms with van der Waals surface area (Å²) in [5.74, 6) is 1.11. The van der Waals surface area contributed by atoms with Gasteiger partial charge in [0.05, 0.1) is 19.8 Å². The molecule has 0 aliphatic heterocycles. The maximum absolute atomic E-state index is 12.6. The molecule has 0 saturated heterocycles. The molecule has 7 nitrogen and oxygen atoms in total. The third-order valence-electron chi connectivity index (χ3n) is 14.4. The van der Waals surface area contributed by atoms with Gasteiger partial charge in [0.15, 0.2) is 0 Å². The van der Waals surface area contributed by atoms with Crippen LogP contribution in [0.5, 0.6) is 0 Å². The lowest BCUT2D eigenvalue weighted by molar-refractivity contribution is -0.146. The number of likely N-dealkylation sites (N-methyl/N-ethyl adjacent to an activating group) is 1. The third kappa shape index (κ3) is 44.1. The van der Waals surface area contributed by atoms with Crippen molar-refractivity contribution in [1.29, 1.82) is 0 Å². The molecular weight excluding hydrogens is 817 g/mol. The molecule has 66 heavy (non-hydrogen) atoms. The Morgan fingerprint density at radius 1 is 0.379 bits per heavy atom. The van der Waals surface area contributed by atoms with Crippen LogP contribution in [0.3, 0.4) is 0 Å². The average molecular weight is 936 g/mol. The van der Waals surface area contributed by atoms with Crippen LogP contribution in [0.15, 0.2) is 0 Å². The molecule has 0 heterocycles. The zero-order valence-corrected chi connectivity index (χ0v) is 45.6. The number of unbranched alkanes of at least 4 members (excludes halogenated alkanes) is 25. The van der Waals surface area contributed by atoms with Crippen LogP contribution < -0.4 is 0 Å². The Morgan fingerprint density at radius 3 is 1.14 bits per heavy atom. The van der Waals surface area contributed by atoms with Crippen LogP contribution in [0.4, 0.5) is 0 Å². The second-order valence-electron chi connectivity index (χ2n) is 20.9. The number of esters is 2. The van der Waals surface area contributed by atoms with E-state index < -0.39 is 0 Å². The van der Waals surface area contributed by atoms with Crippen molar-refractivity contribution in [3.63, 3.8) is 0 Å². The maximum Gasteiger partial charge on any atom is 0.305 e. The number of nitrogens with zero attached hydrogens (tertiary/aromatic N) is 2. The van der Waals surface area contributed by atoms with Crippen molar-refractivity contribution in [2.24, 2.45) is 11.8 Å². The van der Waals surface area contributed by atoms with Gasteiger partial charge in [-0.25, -0.2) is 0 Å². The van der Waals surface area contributed by atoms with E-state index in [1.165, 1.54) is 225 Å². The monoisotopic (exact) mass is 935 g/mol. The highest BCUT2D eigenvalue weighted by atomic mass is 16.5. The zero-order chi connectivity index (χ0) is 48.4. The molecule has 0 aromatic carbocycles. The molecule has 0 radical (unpaired) electrons. The lowest BCUT2D eigenvalue weighted by Crippen LogP contribution is -2.38. The fourth-order valence-electron chi connectivity index (χ4n) is 9.87. The summed E-state index contributed by atoms with van der Waals surface area (Å²) in [5, 5.41) is 9.49. The van der Waals surface area contributed by atoms with Gasteiger partial charge in [0, 0.05) is 25.4 Å². The Kier molecular flexibility index (Phi) is 50.7. The largest absolute Gasteiger partial charge is 0.465 e. The van der Waals surface area contributed by atoms with E-state index in [1.807, 2.05) is 0 Å². The fourth-order valence-corrected chi connectivity index (χ4v) is 9.87. The van der Waals surface area contributed by atoms with Crippen LogP contribution in [-0.2, 0) is 19.1 Å². The molecule has 0 aromatic heterocycles. The van der Waals surface area contributed by atoms with Gasteiger partial charge in [-0.05, 0) is 103 Å². The molecule has 7 heteroatoms. The summed E-state index contributed by atoms with van der Waals surface area (Å²) in [6.45, 7) is 17.0. The lowest BCUT2D eigenvalue weighted by Gasteiger charge is -2.33. The standard InChI is InChI=1S/C59H118N2O5/c1-7-12-17-20-26-31-38-49-61(50-39-48-60(6)51-52-62)57(45-35-28-24-25-30-37-47-59(64)66-54-56(41-16-11-5)43-33-19-14-9-3)44-34-27-22-21-23-29-36-46-58(63)65-53-55(40-15-10-4)42-32-18-13-8-2/h55-57,62H,7-54H2,1-6H3. The summed E-state index contributed by atoms with van der Waals surface area (Å²) >= 11 is 0. The highest BCUT2D eigenvalue weighted by Crippen LogP contribution is 2.23. The first-order valence-electron chi connectivity index (χ1n) is 29.7. The van der Waals surface area contributed by atoms with Crippen molar-refractivity contribution in [3.8, 4) is 0 Å². The van der Waals surface area contributed by atoms with Gasteiger partial charge >= 0.3 is 11.9 Å². The van der Waals surface area contributed by atoms with Gasteiger partial charge in [-0.2, -0.15) is 0 Å². The van der Waals surface area contributed by atoms with Gasteiger partial charge < -0.3 is 24.4 Å². The molecule has 0 spiro atoms. The van der Waals surface area contributed by atoms with Crippen LogP contribution >= 0.6 is 0 Å². The highest BCUT2D eigenvalue weighted by Gasteiger charge is 2.19. The van der Waals surface area contributed by atoms with E-state index >= 15 is 0 Å². The number of hydrogen-bond acceptors (Lipinski definition) is 7. The molecule has 0 amide bonds. The third-order valence-corrected chi connectivity index (χ3v) is 14.4. The number of carbonyl (C=O) groups excluding carboxylic acids is 2. The molecule has 0 aromatic rings. The Bertz CT molecular complexity index is 995. The molecule has 0 bridgehead atoms. The molecule has 1 N–H and O–H groups in total. The van der Waals surface area contributed by atoms with Crippen molar-refractivity contribution in [3.05, 3.63) is 0 Å². The Balaban J connectivity index is 4.93. The predicted octanol–water partition coefficient (Wildman–Crippen LogP) is 17.0. The van der Waals surface area contributed by atoms with Gasteiger partial charge in [0.1, 0.15) is 0 Å². The van der Waals surface area contributed by atoms with E-state index in [4.69, 9.17) is 9.47 Å². The Labute approximate surface area is 413 Å². The van der Waals surface area contributed by atoms with Crippen molar-refractivity contribution in [1.82, 2.24) is 9.80 Å². The van der Waals surface area contributed by atoms with Crippen LogP contribution in [0.1, 0.15) is 298 Å². The smallest absolute Gasteiger partial charge is 0.305 e. The summed E-state index contributed by atoms with van der Waals surface area (Å²) < 4.78 is 11.6. The Morgan fingerprint density at radius 2 is 0.712 bits per heavy atom. The van der Waals surface area contributed by atoms with Gasteiger partial charge in [-0.15, -0.1) is 0 Å². The van der Waals surface area contributed by atoms with E-state index in [1.54, 1.807) is 0 Å². The van der Waals surface area contributed by atoms with E-state index in [0.29, 0.717) is 43.9 Å². The fraction of sp³-hybridized carbons (Fsp3) is 0.966. The number of aliphatic hydroxyl groups is 1. The molecule has 3 unspecified atom stereocenters. The molecule has 0 fully saturated rings. The molecule has 0 rings (SSSR count). The lowest BCUT2D eigenvalue weighted by atomic mass is 9.96. The minimum atomic E-state index is 0.0168. The number of ether oxygens (including phenoxy) is 2. The van der Waals surface area contributed by atoms with E-state index in [2.05, 4.69) is 51.5 Å². The summed E-state index contributed by atoms with van der Waals surface area (Å²) in [5.41, 5.74) is 0. The first-order chi connectivity index (χ1) is 32.3. The predicted molar refractivity (Wildman–Crippen MR) is 287 cm³/mol. The SMILES string of the molecule is CCCCCCCCCN(CCCN(C)CCO)C(CCCCCCCCCC(=O)OCC(CCCC)CCCCCC)CCCCCCCCC(=O)OCC(CCCC)CCCCCC. The number of hydrogen-bond donors (Lipinski definition) is 1. The summed E-state index contributed by atoms with van der Waals surface area (Å²) in [7, 11) is 2.14. The molecular formula is C59H118N2O5. The average Bonchev–Trinajstić information content (AvgIpc) is 3.31. The van der Waals surface area contributed by atoms with Crippen molar-refractivity contribution in [2.45, 2.75) is 304 Å². The summed E-state index contributed by atoms with van der Waals surface area (Å²) in [4.78, 5) is 30.3. The van der Waals surface area contributed by atoms with E-state index in [9.17, 15) is 14.7 Å². The number of rotatable bonds is 54. The minimum absolute atomic E-state index is 0.0168. The summed E-state index contributed by atoms with van der Waals surface area (Å²) in [6, 6.07) is 0.653. The molecule has 0 aliphatic carbocycles. The minimum Gasteiger partial charge on any atom is -0.465 e. The molecule has 0 saturated carbocycles. The van der Waals surface area contributed by atoms with Crippen molar-refractivity contribution in [2.75, 3.05) is 53.0 Å². The van der Waals surface area contributed by atoms with E-state index in [-0.39, 0.29) is 18.5 Å².